The van der Waals surface area contributed by atoms with Crippen LogP contribution in [0.4, 0.5) is 0 Å². The van der Waals surface area contributed by atoms with Crippen LogP contribution in [0.1, 0.15) is 58.9 Å². The minimum absolute atomic E-state index is 0.00984. The van der Waals surface area contributed by atoms with E-state index in [0.29, 0.717) is 19.3 Å². The van der Waals surface area contributed by atoms with Crippen molar-refractivity contribution in [3.63, 3.8) is 0 Å². The number of piperidine rings is 1. The molecular weight excluding hydrogens is 382 g/mol. The van der Waals surface area contributed by atoms with Gasteiger partial charge < -0.3 is 9.84 Å². The van der Waals surface area contributed by atoms with E-state index < -0.39 is 5.60 Å². The maximum atomic E-state index is 10.9. The summed E-state index contributed by atoms with van der Waals surface area (Å²) in [7, 11) is 0. The average molecular weight is 420 g/mol. The quantitative estimate of drug-likeness (QED) is 0.386. The predicted molar refractivity (Wildman–Crippen MR) is 124 cm³/mol. The Kier molecular flexibility index (Phi) is 8.96. The number of halogens is 1. The standard InChI is InChI=1S/C25H38ClNO2/c1-6-20(3)18-23(19-24(4,5)21-8-10-22(26)11-9-21)27-15-12-25(28,13-16-27)14-17-29-7-2/h6,8-11,18,23,28H,1,7,12-17,19H2,2-5H3/b20-18-. The smallest absolute Gasteiger partial charge is 0.0694 e. The lowest BCUT2D eigenvalue weighted by molar-refractivity contribution is -0.0503. The summed E-state index contributed by atoms with van der Waals surface area (Å²) in [5, 5.41) is 11.7. The second kappa shape index (κ2) is 10.8. The molecule has 1 unspecified atom stereocenters. The lowest BCUT2D eigenvalue weighted by Crippen LogP contribution is -2.49. The van der Waals surface area contributed by atoms with Crippen molar-refractivity contribution in [1.82, 2.24) is 4.90 Å². The van der Waals surface area contributed by atoms with E-state index in [1.165, 1.54) is 11.1 Å². The second-order valence-corrected chi connectivity index (χ2v) is 9.42. The van der Waals surface area contributed by atoms with Crippen molar-refractivity contribution in [2.75, 3.05) is 26.3 Å². The van der Waals surface area contributed by atoms with Gasteiger partial charge in [-0.1, -0.05) is 61.9 Å². The zero-order valence-corrected chi connectivity index (χ0v) is 19.3. The first-order chi connectivity index (χ1) is 13.7. The van der Waals surface area contributed by atoms with Crippen molar-refractivity contribution in [2.45, 2.75) is 70.4 Å². The Bertz CT molecular complexity index is 673. The van der Waals surface area contributed by atoms with Gasteiger partial charge in [0.25, 0.3) is 0 Å². The fourth-order valence-corrected chi connectivity index (χ4v) is 4.26. The first kappa shape index (κ1) is 24.1. The SMILES string of the molecule is C=C/C(C)=C\C(CC(C)(C)c1ccc(Cl)cc1)N1CCC(O)(CCOCC)CC1. The van der Waals surface area contributed by atoms with Gasteiger partial charge in [0.2, 0.25) is 0 Å². The molecule has 0 amide bonds. The summed E-state index contributed by atoms with van der Waals surface area (Å²) in [5.74, 6) is 0. The average Bonchev–Trinajstić information content (AvgIpc) is 2.68. The van der Waals surface area contributed by atoms with Crippen LogP contribution in [0.5, 0.6) is 0 Å². The molecule has 1 N–H and O–H groups in total. The van der Waals surface area contributed by atoms with Gasteiger partial charge in [0.15, 0.2) is 0 Å². The third-order valence-corrected chi connectivity index (χ3v) is 6.49. The molecule has 1 aromatic rings. The predicted octanol–water partition coefficient (Wildman–Crippen LogP) is 5.76. The summed E-state index contributed by atoms with van der Waals surface area (Å²) in [6.45, 7) is 15.8. The van der Waals surface area contributed by atoms with Crippen LogP contribution in [0, 0.1) is 0 Å². The topological polar surface area (TPSA) is 32.7 Å². The maximum absolute atomic E-state index is 10.9. The molecule has 4 heteroatoms. The molecule has 0 aliphatic carbocycles. The molecule has 2 rings (SSSR count). The van der Waals surface area contributed by atoms with Crippen LogP contribution >= 0.6 is 11.6 Å². The van der Waals surface area contributed by atoms with Crippen LogP contribution in [0.25, 0.3) is 0 Å². The van der Waals surface area contributed by atoms with Crippen molar-refractivity contribution >= 4 is 11.6 Å². The number of aliphatic hydroxyl groups is 1. The molecule has 0 saturated carbocycles. The third-order valence-electron chi connectivity index (χ3n) is 6.24. The number of nitrogens with zero attached hydrogens (tertiary/aromatic N) is 1. The summed E-state index contributed by atoms with van der Waals surface area (Å²) in [6, 6.07) is 8.50. The normalized spacial score (nSPS) is 19.2. The van der Waals surface area contributed by atoms with Gasteiger partial charge in [0.1, 0.15) is 0 Å². The molecule has 1 fully saturated rings. The van der Waals surface area contributed by atoms with Gasteiger partial charge >= 0.3 is 0 Å². The highest BCUT2D eigenvalue weighted by Crippen LogP contribution is 2.34. The van der Waals surface area contributed by atoms with Gasteiger partial charge in [-0.15, -0.1) is 0 Å². The van der Waals surface area contributed by atoms with E-state index in [1.54, 1.807) is 0 Å². The zero-order chi connectivity index (χ0) is 21.5. The fourth-order valence-electron chi connectivity index (χ4n) is 4.14. The summed E-state index contributed by atoms with van der Waals surface area (Å²) >= 11 is 6.09. The highest BCUT2D eigenvalue weighted by molar-refractivity contribution is 6.30. The van der Waals surface area contributed by atoms with Gasteiger partial charge in [-0.2, -0.15) is 0 Å². The van der Waals surface area contributed by atoms with Gasteiger partial charge in [-0.3, -0.25) is 4.90 Å². The summed E-state index contributed by atoms with van der Waals surface area (Å²) in [5.41, 5.74) is 1.90. The Morgan fingerprint density at radius 3 is 2.48 bits per heavy atom. The number of likely N-dealkylation sites (tertiary alicyclic amines) is 1. The van der Waals surface area contributed by atoms with E-state index in [2.05, 4.69) is 50.5 Å². The van der Waals surface area contributed by atoms with Gasteiger partial charge in [0, 0.05) is 37.4 Å². The molecular formula is C25H38ClNO2. The molecule has 1 saturated heterocycles. The number of ether oxygens (including phenoxy) is 1. The largest absolute Gasteiger partial charge is 0.390 e. The molecule has 0 spiro atoms. The van der Waals surface area contributed by atoms with E-state index in [9.17, 15) is 5.11 Å². The first-order valence-electron chi connectivity index (χ1n) is 10.8. The fraction of sp³-hybridized carbons (Fsp3) is 0.600. The van der Waals surface area contributed by atoms with Crippen LogP contribution in [-0.4, -0.2) is 48.0 Å². The van der Waals surface area contributed by atoms with Crippen LogP contribution in [0.3, 0.4) is 0 Å². The number of allylic oxidation sites excluding steroid dienone is 2. The molecule has 0 radical (unpaired) electrons. The Morgan fingerprint density at radius 1 is 1.31 bits per heavy atom. The third kappa shape index (κ3) is 7.25. The summed E-state index contributed by atoms with van der Waals surface area (Å²) < 4.78 is 5.46. The monoisotopic (exact) mass is 419 g/mol. The molecule has 1 aromatic carbocycles. The van der Waals surface area contributed by atoms with E-state index in [4.69, 9.17) is 16.3 Å². The first-order valence-corrected chi connectivity index (χ1v) is 11.2. The van der Waals surface area contributed by atoms with Crippen LogP contribution in [-0.2, 0) is 10.2 Å². The van der Waals surface area contributed by atoms with Crippen LogP contribution in [0.15, 0.2) is 48.6 Å². The minimum Gasteiger partial charge on any atom is -0.390 e. The lowest BCUT2D eigenvalue weighted by Gasteiger charge is -2.43. The molecule has 3 nitrogen and oxygen atoms in total. The van der Waals surface area contributed by atoms with Crippen LogP contribution < -0.4 is 0 Å². The molecule has 1 heterocycles. The Hall–Kier alpha value is -1.13. The Balaban J connectivity index is 2.11. The molecule has 1 aliphatic heterocycles. The van der Waals surface area contributed by atoms with Crippen molar-refractivity contribution < 1.29 is 9.84 Å². The van der Waals surface area contributed by atoms with Crippen molar-refractivity contribution in [2.24, 2.45) is 0 Å². The van der Waals surface area contributed by atoms with Gasteiger partial charge in [0.05, 0.1) is 5.60 Å². The van der Waals surface area contributed by atoms with Gasteiger partial charge in [-0.25, -0.2) is 0 Å². The highest BCUT2D eigenvalue weighted by atomic mass is 35.5. The molecule has 0 bridgehead atoms. The molecule has 0 aromatic heterocycles. The molecule has 1 atom stereocenters. The number of benzene rings is 1. The zero-order valence-electron chi connectivity index (χ0n) is 18.6. The van der Waals surface area contributed by atoms with E-state index in [-0.39, 0.29) is 5.41 Å². The second-order valence-electron chi connectivity index (χ2n) is 8.98. The number of hydrogen-bond donors (Lipinski definition) is 1. The molecule has 1 aliphatic rings. The van der Waals surface area contributed by atoms with Crippen molar-refractivity contribution in [3.8, 4) is 0 Å². The van der Waals surface area contributed by atoms with Crippen LogP contribution in [0.2, 0.25) is 5.02 Å². The van der Waals surface area contributed by atoms with E-state index >= 15 is 0 Å². The maximum Gasteiger partial charge on any atom is 0.0694 e. The Labute approximate surface area is 182 Å². The lowest BCUT2D eigenvalue weighted by atomic mass is 9.77. The van der Waals surface area contributed by atoms with Gasteiger partial charge in [-0.05, 0) is 62.6 Å². The minimum atomic E-state index is -0.598. The highest BCUT2D eigenvalue weighted by Gasteiger charge is 2.35. The number of hydrogen-bond acceptors (Lipinski definition) is 3. The number of rotatable bonds is 10. The van der Waals surface area contributed by atoms with E-state index in [0.717, 1.165) is 43.8 Å². The van der Waals surface area contributed by atoms with E-state index in [1.807, 2.05) is 25.1 Å². The Morgan fingerprint density at radius 2 is 1.93 bits per heavy atom. The molecule has 162 valence electrons. The summed E-state index contributed by atoms with van der Waals surface area (Å²) in [6.07, 6.45) is 7.55. The van der Waals surface area contributed by atoms with Crippen molar-refractivity contribution in [1.29, 1.82) is 0 Å². The molecule has 29 heavy (non-hydrogen) atoms. The summed E-state index contributed by atoms with van der Waals surface area (Å²) in [4.78, 5) is 2.51. The van der Waals surface area contributed by atoms with Crippen molar-refractivity contribution in [3.05, 3.63) is 59.2 Å².